The third-order valence-electron chi connectivity index (χ3n) is 5.96. The molecule has 0 saturated heterocycles. The van der Waals surface area contributed by atoms with E-state index in [0.717, 1.165) is 19.6 Å². The van der Waals surface area contributed by atoms with Gasteiger partial charge in [0.05, 0.1) is 5.56 Å². The molecular weight excluding hydrogens is 553 g/mol. The van der Waals surface area contributed by atoms with Gasteiger partial charge in [-0.3, -0.25) is 9.59 Å². The second-order valence-electron chi connectivity index (χ2n) is 9.03. The van der Waals surface area contributed by atoms with Crippen LogP contribution < -0.4 is 22.1 Å². The molecule has 0 aliphatic carbocycles. The predicted octanol–water partition coefficient (Wildman–Crippen LogP) is 7.36. The second kappa shape index (κ2) is 12.5. The first kappa shape index (κ1) is 27.7. The molecule has 5 aromatic carbocycles. The van der Waals surface area contributed by atoms with E-state index >= 15 is 0 Å². The van der Waals surface area contributed by atoms with Crippen molar-refractivity contribution in [2.24, 2.45) is 0 Å². The van der Waals surface area contributed by atoms with Gasteiger partial charge in [0.1, 0.15) is 5.75 Å². The normalized spacial score (nSPS) is 10.6. The lowest BCUT2D eigenvalue weighted by Gasteiger charge is -2.10. The minimum atomic E-state index is -0.484. The third kappa shape index (κ3) is 7.42. The molecule has 0 unspecified atom stereocenters. The van der Waals surface area contributed by atoms with Crippen LogP contribution in [0, 0.1) is 0 Å². The molecule has 0 heterocycles. The molecule has 0 spiro atoms. The Labute approximate surface area is 246 Å². The van der Waals surface area contributed by atoms with Crippen molar-refractivity contribution in [3.05, 3.63) is 126 Å². The van der Waals surface area contributed by atoms with Crippen molar-refractivity contribution >= 4 is 58.1 Å². The van der Waals surface area contributed by atoms with E-state index in [1.807, 2.05) is 72.8 Å². The fourth-order valence-corrected chi connectivity index (χ4v) is 5.46. The summed E-state index contributed by atoms with van der Waals surface area (Å²) in [6, 6.07) is 34.2. The van der Waals surface area contributed by atoms with Crippen LogP contribution in [0.2, 0.25) is 0 Å². The van der Waals surface area contributed by atoms with Crippen LogP contribution in [-0.4, -0.2) is 16.9 Å². The van der Waals surface area contributed by atoms with E-state index in [1.54, 1.807) is 47.8 Å². The maximum Gasteiger partial charge on any atom is 0.259 e. The molecule has 0 aliphatic heterocycles. The largest absolute Gasteiger partial charge is 0.507 e. The van der Waals surface area contributed by atoms with E-state index in [9.17, 15) is 14.7 Å². The van der Waals surface area contributed by atoms with Gasteiger partial charge in [-0.15, -0.1) is 0 Å². The van der Waals surface area contributed by atoms with Crippen LogP contribution in [0.3, 0.4) is 0 Å². The van der Waals surface area contributed by atoms with Gasteiger partial charge >= 0.3 is 0 Å². The van der Waals surface area contributed by atoms with Crippen LogP contribution in [0.25, 0.3) is 0 Å². The number of carbonyl (C=O) groups is 2. The monoisotopic (exact) mass is 578 g/mol. The Morgan fingerprint density at radius 1 is 0.537 bits per heavy atom. The van der Waals surface area contributed by atoms with Crippen molar-refractivity contribution in [2.45, 2.75) is 19.6 Å². The van der Waals surface area contributed by atoms with Gasteiger partial charge in [-0.1, -0.05) is 23.5 Å². The van der Waals surface area contributed by atoms with Crippen molar-refractivity contribution in [1.29, 1.82) is 0 Å². The number of hydrogen-bond donors (Lipinski definition) is 5. The highest BCUT2D eigenvalue weighted by Gasteiger charge is 2.15. The fourth-order valence-electron chi connectivity index (χ4n) is 3.82. The summed E-state index contributed by atoms with van der Waals surface area (Å²) in [7, 11) is 0. The lowest BCUT2D eigenvalue weighted by atomic mass is 10.1. The summed E-state index contributed by atoms with van der Waals surface area (Å²) in [6.45, 7) is 0. The summed E-state index contributed by atoms with van der Waals surface area (Å²) in [6.07, 6.45) is 0. The van der Waals surface area contributed by atoms with E-state index in [1.165, 1.54) is 18.2 Å². The quantitative estimate of drug-likeness (QED) is 0.122. The second-order valence-corrected chi connectivity index (χ2v) is 11.3. The molecule has 7 N–H and O–H groups in total. The van der Waals surface area contributed by atoms with Crippen LogP contribution in [0.4, 0.5) is 22.7 Å². The number of nitrogens with two attached hydrogens (primary N) is 2. The molecule has 0 fully saturated rings. The van der Waals surface area contributed by atoms with E-state index in [0.29, 0.717) is 22.7 Å². The van der Waals surface area contributed by atoms with Crippen LogP contribution in [-0.2, 0) is 0 Å². The summed E-state index contributed by atoms with van der Waals surface area (Å²) in [5.74, 6) is -1.18. The standard InChI is InChI=1S/C32H26N4O3S2/c33-21-2-10-25(11-3-21)40-27-14-6-23(7-15-27)35-31(38)20-1-18-29(30(37)19-20)32(39)36-24-8-16-28(17-9-24)41-26-12-4-22(34)5-13-26/h1-19,37H,33-34H2,(H,35,38)(H,36,39). The number of anilines is 4. The number of phenolic OH excluding ortho intramolecular Hbond substituents is 1. The summed E-state index contributed by atoms with van der Waals surface area (Å²) < 4.78 is 0. The predicted molar refractivity (Wildman–Crippen MR) is 167 cm³/mol. The van der Waals surface area contributed by atoms with Gasteiger partial charge in [-0.2, -0.15) is 0 Å². The number of nitrogen functional groups attached to an aromatic ring is 2. The van der Waals surface area contributed by atoms with Gasteiger partial charge in [0.2, 0.25) is 0 Å². The van der Waals surface area contributed by atoms with Crippen LogP contribution >= 0.6 is 23.5 Å². The lowest BCUT2D eigenvalue weighted by molar-refractivity contribution is 0.101. The van der Waals surface area contributed by atoms with E-state index in [4.69, 9.17) is 11.5 Å². The zero-order valence-electron chi connectivity index (χ0n) is 21.7. The zero-order valence-corrected chi connectivity index (χ0v) is 23.3. The maximum atomic E-state index is 12.8. The molecule has 5 rings (SSSR count). The first-order chi connectivity index (χ1) is 19.8. The molecule has 0 radical (unpaired) electrons. The number of benzene rings is 5. The van der Waals surface area contributed by atoms with Gasteiger partial charge in [-0.05, 0) is 115 Å². The first-order valence-corrected chi connectivity index (χ1v) is 14.2. The summed E-state index contributed by atoms with van der Waals surface area (Å²) in [5.41, 5.74) is 14.4. The fraction of sp³-hybridized carbons (Fsp3) is 0. The molecule has 204 valence electrons. The Morgan fingerprint density at radius 2 is 0.927 bits per heavy atom. The van der Waals surface area contributed by atoms with E-state index in [-0.39, 0.29) is 16.9 Å². The maximum absolute atomic E-state index is 12.8. The molecule has 7 nitrogen and oxygen atoms in total. The van der Waals surface area contributed by atoms with Gasteiger partial charge in [0, 0.05) is 47.9 Å². The number of nitrogens with one attached hydrogen (secondary N) is 2. The minimum Gasteiger partial charge on any atom is -0.507 e. The Balaban J connectivity index is 1.17. The number of aromatic hydroxyl groups is 1. The molecule has 0 aromatic heterocycles. The van der Waals surface area contributed by atoms with Gasteiger partial charge < -0.3 is 27.2 Å². The smallest absolute Gasteiger partial charge is 0.259 e. The van der Waals surface area contributed by atoms with E-state index in [2.05, 4.69) is 10.6 Å². The number of phenols is 1. The highest BCUT2D eigenvalue weighted by atomic mass is 32.2. The molecule has 9 heteroatoms. The highest BCUT2D eigenvalue weighted by molar-refractivity contribution is 7.99. The van der Waals surface area contributed by atoms with Crippen molar-refractivity contribution in [3.8, 4) is 5.75 Å². The molecule has 0 atom stereocenters. The number of rotatable bonds is 8. The number of amides is 2. The van der Waals surface area contributed by atoms with Gasteiger partial charge in [0.25, 0.3) is 11.8 Å². The van der Waals surface area contributed by atoms with Crippen LogP contribution in [0.5, 0.6) is 5.75 Å². The molecule has 0 bridgehead atoms. The summed E-state index contributed by atoms with van der Waals surface area (Å²) in [4.78, 5) is 29.7. The van der Waals surface area contributed by atoms with Crippen molar-refractivity contribution in [1.82, 2.24) is 0 Å². The summed E-state index contributed by atoms with van der Waals surface area (Å²) in [5, 5.41) is 16.1. The molecular formula is C32H26N4O3S2. The Bertz CT molecular complexity index is 1670. The Morgan fingerprint density at radius 3 is 1.34 bits per heavy atom. The number of carbonyl (C=O) groups excluding carboxylic acids is 2. The third-order valence-corrected chi connectivity index (χ3v) is 7.99. The lowest BCUT2D eigenvalue weighted by Crippen LogP contribution is -2.14. The van der Waals surface area contributed by atoms with Gasteiger partial charge in [-0.25, -0.2) is 0 Å². The average molecular weight is 579 g/mol. The Kier molecular flexibility index (Phi) is 8.47. The topological polar surface area (TPSA) is 130 Å². The molecule has 41 heavy (non-hydrogen) atoms. The molecule has 0 saturated carbocycles. The SMILES string of the molecule is Nc1ccc(Sc2ccc(NC(=O)c3ccc(C(=O)Nc4ccc(Sc5ccc(N)cc5)cc4)c(O)c3)cc2)cc1. The van der Waals surface area contributed by atoms with Crippen molar-refractivity contribution < 1.29 is 14.7 Å². The average Bonchev–Trinajstić information content (AvgIpc) is 2.97. The molecule has 0 aliphatic rings. The van der Waals surface area contributed by atoms with Crippen molar-refractivity contribution in [3.63, 3.8) is 0 Å². The zero-order chi connectivity index (χ0) is 28.8. The van der Waals surface area contributed by atoms with Crippen LogP contribution in [0.15, 0.2) is 135 Å². The van der Waals surface area contributed by atoms with Crippen molar-refractivity contribution in [2.75, 3.05) is 22.1 Å². The highest BCUT2D eigenvalue weighted by Crippen LogP contribution is 2.31. The van der Waals surface area contributed by atoms with Crippen LogP contribution in [0.1, 0.15) is 20.7 Å². The number of hydrogen-bond acceptors (Lipinski definition) is 7. The summed E-state index contributed by atoms with van der Waals surface area (Å²) >= 11 is 3.16. The first-order valence-electron chi connectivity index (χ1n) is 12.5. The minimum absolute atomic E-state index is 0.0610. The van der Waals surface area contributed by atoms with E-state index < -0.39 is 11.8 Å². The molecule has 5 aromatic rings. The van der Waals surface area contributed by atoms with Gasteiger partial charge in [0.15, 0.2) is 0 Å². The Hall–Kier alpha value is -4.86. The molecule has 2 amide bonds.